The molecule has 0 aromatic carbocycles. The predicted molar refractivity (Wildman–Crippen MR) is 114 cm³/mol. The lowest BCUT2D eigenvalue weighted by Crippen LogP contribution is -2.55. The van der Waals surface area contributed by atoms with Gasteiger partial charge in [0.2, 0.25) is 0 Å². The van der Waals surface area contributed by atoms with Crippen LogP contribution in [0.4, 0.5) is 15.0 Å². The van der Waals surface area contributed by atoms with Crippen LogP contribution in [-0.2, 0) is 0 Å². The van der Waals surface area contributed by atoms with Crippen LogP contribution < -0.4 is 9.64 Å². The quantitative estimate of drug-likeness (QED) is 0.666. The lowest BCUT2D eigenvalue weighted by molar-refractivity contribution is 0.119. The molecule has 4 rings (SSSR count). The molecule has 2 aliphatic heterocycles. The molecule has 0 aliphatic carbocycles. The number of nitrogens with zero attached hydrogens (tertiary/aromatic N) is 7. The molecule has 32 heavy (non-hydrogen) atoms. The van der Waals surface area contributed by atoms with Crippen LogP contribution in [0.15, 0.2) is 6.20 Å². The van der Waals surface area contributed by atoms with E-state index in [1.165, 1.54) is 11.1 Å². The minimum atomic E-state index is -1.08. The number of likely N-dealkylation sites (N-methyl/N-ethyl adjacent to an activating group) is 1. The molecule has 1 amide bonds. The van der Waals surface area contributed by atoms with Crippen LogP contribution in [0.2, 0.25) is 5.15 Å². The second-order valence-electron chi connectivity index (χ2n) is 7.98. The number of piperazine rings is 1. The summed E-state index contributed by atoms with van der Waals surface area (Å²) in [6.07, 6.45) is 2.42. The van der Waals surface area contributed by atoms with Crippen LogP contribution in [0.25, 0.3) is 10.9 Å². The topological polar surface area (TPSA) is 119 Å². The Hall–Kier alpha value is -2.97. The van der Waals surface area contributed by atoms with Gasteiger partial charge in [-0.1, -0.05) is 11.6 Å². The molecular weight excluding hydrogens is 441 g/mol. The van der Waals surface area contributed by atoms with Crippen molar-refractivity contribution in [3.63, 3.8) is 0 Å². The molecule has 10 nitrogen and oxygen atoms in total. The lowest BCUT2D eigenvalue weighted by atomic mass is 10.1. The average Bonchev–Trinajstić information content (AvgIpc) is 3.19. The first-order chi connectivity index (χ1) is 15.4. The average molecular weight is 464 g/mol. The summed E-state index contributed by atoms with van der Waals surface area (Å²) in [5.74, 6) is -0.394. The summed E-state index contributed by atoms with van der Waals surface area (Å²) >= 11 is 5.88. The molecule has 4 heterocycles. The van der Waals surface area contributed by atoms with Gasteiger partial charge in [0.1, 0.15) is 17.9 Å². The Morgan fingerprint density at radius 2 is 2.19 bits per heavy atom. The zero-order chi connectivity index (χ0) is 22.8. The van der Waals surface area contributed by atoms with Crippen molar-refractivity contribution >= 4 is 34.4 Å². The van der Waals surface area contributed by atoms with Crippen molar-refractivity contribution in [2.75, 3.05) is 44.7 Å². The Morgan fingerprint density at radius 3 is 2.88 bits per heavy atom. The Balaban J connectivity index is 1.68. The number of hydrogen-bond acceptors (Lipinski definition) is 8. The number of rotatable bonds is 5. The van der Waals surface area contributed by atoms with Crippen molar-refractivity contribution in [3.05, 3.63) is 17.2 Å². The van der Waals surface area contributed by atoms with Gasteiger partial charge in [-0.15, -0.1) is 0 Å². The molecule has 2 fully saturated rings. The number of hydrogen-bond donors (Lipinski definition) is 1. The van der Waals surface area contributed by atoms with Gasteiger partial charge in [0.05, 0.1) is 23.9 Å². The third-order valence-corrected chi connectivity index (χ3v) is 6.30. The summed E-state index contributed by atoms with van der Waals surface area (Å²) in [7, 11) is 2.02. The zero-order valence-electron chi connectivity index (χ0n) is 17.5. The van der Waals surface area contributed by atoms with Crippen LogP contribution in [0.5, 0.6) is 6.01 Å². The second-order valence-corrected chi connectivity index (χ2v) is 8.34. The molecule has 2 aromatic heterocycles. The normalized spacial score (nSPS) is 21.7. The fourth-order valence-electron chi connectivity index (χ4n) is 4.25. The number of aromatic nitrogens is 3. The molecular formula is C20H23ClFN7O3. The fraction of sp³-hybridized carbons (Fsp3) is 0.550. The van der Waals surface area contributed by atoms with E-state index in [0.29, 0.717) is 24.4 Å². The lowest BCUT2D eigenvalue weighted by Gasteiger charge is -2.39. The van der Waals surface area contributed by atoms with Gasteiger partial charge in [-0.05, 0) is 26.4 Å². The molecule has 2 atom stereocenters. The van der Waals surface area contributed by atoms with Gasteiger partial charge in [0.25, 0.3) is 0 Å². The van der Waals surface area contributed by atoms with Crippen molar-refractivity contribution in [1.82, 2.24) is 24.8 Å². The largest absolute Gasteiger partial charge is 0.465 e. The maximum Gasteiger partial charge on any atom is 0.407 e. The smallest absolute Gasteiger partial charge is 0.407 e. The molecule has 170 valence electrons. The summed E-state index contributed by atoms with van der Waals surface area (Å²) in [6, 6.07) is 1.73. The molecule has 2 saturated heterocycles. The monoisotopic (exact) mass is 463 g/mol. The number of pyridine rings is 1. The second kappa shape index (κ2) is 9.26. The van der Waals surface area contributed by atoms with Gasteiger partial charge in [-0.25, -0.2) is 14.2 Å². The number of nitriles is 1. The maximum absolute atomic E-state index is 14.8. The van der Waals surface area contributed by atoms with E-state index in [2.05, 4.69) is 19.9 Å². The van der Waals surface area contributed by atoms with Crippen LogP contribution in [-0.4, -0.2) is 87.9 Å². The Bertz CT molecular complexity index is 1070. The third kappa shape index (κ3) is 4.33. The SMILES string of the molecule is CN1CCCC1COc1nc(N2CCN(C(=O)O)C(CC#N)C2)c2cnc(Cl)c(F)c2n1. The molecule has 2 aliphatic rings. The Morgan fingerprint density at radius 1 is 1.38 bits per heavy atom. The van der Waals surface area contributed by atoms with E-state index < -0.39 is 18.0 Å². The van der Waals surface area contributed by atoms with Crippen molar-refractivity contribution in [2.24, 2.45) is 0 Å². The minimum Gasteiger partial charge on any atom is -0.465 e. The summed E-state index contributed by atoms with van der Waals surface area (Å²) < 4.78 is 20.6. The Kier molecular flexibility index (Phi) is 6.43. The standard InChI is InChI=1S/C20H23ClFN7O3/c1-27-6-2-3-13(27)11-32-19-25-16-14(9-24-17(21)15(16)22)18(26-19)28-7-8-29(20(30)31)12(10-28)4-5-23/h9,12-13H,2-4,6-8,10-11H2,1H3,(H,30,31). The van der Waals surface area contributed by atoms with Gasteiger partial charge in [-0.2, -0.15) is 15.2 Å². The van der Waals surface area contributed by atoms with Crippen LogP contribution in [0.1, 0.15) is 19.3 Å². The van der Waals surface area contributed by atoms with Crippen molar-refractivity contribution in [1.29, 1.82) is 5.26 Å². The van der Waals surface area contributed by atoms with E-state index in [4.69, 9.17) is 21.6 Å². The Labute approximate surface area is 189 Å². The number of ether oxygens (including phenoxy) is 1. The molecule has 12 heteroatoms. The predicted octanol–water partition coefficient (Wildman–Crippen LogP) is 2.37. The first kappa shape index (κ1) is 22.2. The molecule has 0 saturated carbocycles. The van der Waals surface area contributed by atoms with Crippen molar-refractivity contribution < 1.29 is 19.0 Å². The third-order valence-electron chi connectivity index (χ3n) is 6.03. The number of likely N-dealkylation sites (tertiary alicyclic amines) is 1. The molecule has 1 N–H and O–H groups in total. The first-order valence-corrected chi connectivity index (χ1v) is 10.7. The fourth-order valence-corrected chi connectivity index (χ4v) is 4.38. The highest BCUT2D eigenvalue weighted by atomic mass is 35.5. The van der Waals surface area contributed by atoms with E-state index in [9.17, 15) is 14.3 Å². The summed E-state index contributed by atoms with van der Waals surface area (Å²) in [5, 5.41) is 18.6. The zero-order valence-corrected chi connectivity index (χ0v) is 18.3. The van der Waals surface area contributed by atoms with Gasteiger partial charge < -0.3 is 24.5 Å². The summed E-state index contributed by atoms with van der Waals surface area (Å²) in [5.41, 5.74) is -0.0118. The molecule has 2 aromatic rings. The van der Waals surface area contributed by atoms with Crippen LogP contribution >= 0.6 is 11.6 Å². The minimum absolute atomic E-state index is 0.0118. The van der Waals surface area contributed by atoms with E-state index >= 15 is 0 Å². The van der Waals surface area contributed by atoms with Gasteiger partial charge in [0, 0.05) is 31.9 Å². The number of carboxylic acid groups (broad SMARTS) is 1. The number of carbonyl (C=O) groups is 1. The van der Waals surface area contributed by atoms with E-state index in [0.717, 1.165) is 19.4 Å². The van der Waals surface area contributed by atoms with E-state index in [-0.39, 0.29) is 42.2 Å². The first-order valence-electron chi connectivity index (χ1n) is 10.3. The molecule has 2 unspecified atom stereocenters. The molecule has 0 bridgehead atoms. The number of amides is 1. The van der Waals surface area contributed by atoms with E-state index in [1.54, 1.807) is 0 Å². The highest BCUT2D eigenvalue weighted by molar-refractivity contribution is 6.30. The summed E-state index contributed by atoms with van der Waals surface area (Å²) in [6.45, 7) is 2.07. The van der Waals surface area contributed by atoms with Crippen molar-refractivity contribution in [3.8, 4) is 12.1 Å². The maximum atomic E-state index is 14.8. The van der Waals surface area contributed by atoms with Gasteiger partial charge in [-0.3, -0.25) is 0 Å². The number of halogens is 2. The highest BCUT2D eigenvalue weighted by Gasteiger charge is 2.32. The van der Waals surface area contributed by atoms with Crippen LogP contribution in [0.3, 0.4) is 0 Å². The number of anilines is 1. The van der Waals surface area contributed by atoms with Gasteiger partial charge >= 0.3 is 12.1 Å². The van der Waals surface area contributed by atoms with Crippen LogP contribution in [0, 0.1) is 17.1 Å². The number of fused-ring (bicyclic) bond motifs is 1. The van der Waals surface area contributed by atoms with E-state index in [1.807, 2.05) is 18.0 Å². The molecule has 0 spiro atoms. The van der Waals surface area contributed by atoms with Crippen molar-refractivity contribution in [2.45, 2.75) is 31.3 Å². The summed E-state index contributed by atoms with van der Waals surface area (Å²) in [4.78, 5) is 29.4. The molecule has 0 radical (unpaired) electrons. The van der Waals surface area contributed by atoms with Gasteiger partial charge in [0.15, 0.2) is 11.0 Å². The highest BCUT2D eigenvalue weighted by Crippen LogP contribution is 2.31.